The van der Waals surface area contributed by atoms with Gasteiger partial charge in [0.2, 0.25) is 11.9 Å². The van der Waals surface area contributed by atoms with Crippen molar-refractivity contribution in [2.24, 2.45) is 11.8 Å². The number of aliphatic carboxylic acids is 1. The summed E-state index contributed by atoms with van der Waals surface area (Å²) in [6.07, 6.45) is 9.41. The smallest absolute Gasteiger partial charge is 0.306 e. The first kappa shape index (κ1) is 25.9. The lowest BCUT2D eigenvalue weighted by Crippen LogP contribution is -2.56. The Balaban J connectivity index is 0.000000433. The number of carbonyl (C=O) groups is 3. The number of hydrogen-bond acceptors (Lipinski definition) is 8. The molecular formula is C27H35N7O4. The highest BCUT2D eigenvalue weighted by Gasteiger charge is 2.46. The fraction of sp³-hybridized carbons (Fsp3) is 0.556. The molecule has 11 heteroatoms. The zero-order valence-electron chi connectivity index (χ0n) is 21.9. The fourth-order valence-corrected chi connectivity index (χ4v) is 5.16. The van der Waals surface area contributed by atoms with Crippen LogP contribution in [0.3, 0.4) is 0 Å². The van der Waals surface area contributed by atoms with Gasteiger partial charge in [-0.05, 0) is 70.1 Å². The van der Waals surface area contributed by atoms with Crippen LogP contribution in [0.5, 0.6) is 0 Å². The number of nitrogens with zero attached hydrogens (tertiary/aromatic N) is 5. The summed E-state index contributed by atoms with van der Waals surface area (Å²) in [5, 5.41) is 14.0. The molecule has 4 fully saturated rings. The summed E-state index contributed by atoms with van der Waals surface area (Å²) in [6.45, 7) is 5.92. The second kappa shape index (κ2) is 10.9. The Bertz CT molecular complexity index is 1200. The van der Waals surface area contributed by atoms with Crippen molar-refractivity contribution < 1.29 is 19.5 Å². The van der Waals surface area contributed by atoms with Crippen LogP contribution in [0.1, 0.15) is 61.5 Å². The van der Waals surface area contributed by atoms with E-state index >= 15 is 0 Å². The van der Waals surface area contributed by atoms with Crippen molar-refractivity contribution in [3.05, 3.63) is 35.8 Å². The monoisotopic (exact) mass is 521 g/mol. The molecule has 2 aromatic heterocycles. The number of carbonyl (C=O) groups excluding carboxylic acids is 2. The van der Waals surface area contributed by atoms with E-state index in [1.54, 1.807) is 12.4 Å². The Kier molecular flexibility index (Phi) is 7.44. The van der Waals surface area contributed by atoms with Crippen molar-refractivity contribution in [2.75, 3.05) is 29.9 Å². The molecule has 6 rings (SSSR count). The first-order valence-corrected chi connectivity index (χ1v) is 13.5. The van der Waals surface area contributed by atoms with E-state index in [1.165, 1.54) is 0 Å². The van der Waals surface area contributed by atoms with E-state index in [2.05, 4.69) is 30.4 Å². The maximum absolute atomic E-state index is 12.7. The minimum absolute atomic E-state index is 0.0185. The molecule has 11 nitrogen and oxygen atoms in total. The molecule has 3 N–H and O–H groups in total. The lowest BCUT2D eigenvalue weighted by molar-refractivity contribution is -0.138. The molecule has 2 aromatic rings. The third-order valence-electron chi connectivity index (χ3n) is 7.44. The van der Waals surface area contributed by atoms with Crippen molar-refractivity contribution in [1.82, 2.24) is 25.2 Å². The lowest BCUT2D eigenvalue weighted by Gasteiger charge is -2.41. The van der Waals surface area contributed by atoms with Gasteiger partial charge in [-0.15, -0.1) is 0 Å². The number of hydrogen-bond donors (Lipinski definition) is 3. The first-order chi connectivity index (χ1) is 18.3. The topological polar surface area (TPSA) is 141 Å². The summed E-state index contributed by atoms with van der Waals surface area (Å²) in [6, 6.07) is 4.35. The average Bonchev–Trinajstić information content (AvgIpc) is 3.81. The molecule has 2 amide bonds. The van der Waals surface area contributed by atoms with Crippen molar-refractivity contribution >= 4 is 35.2 Å². The minimum atomic E-state index is -0.630. The third kappa shape index (κ3) is 5.87. The van der Waals surface area contributed by atoms with E-state index in [1.807, 2.05) is 26.0 Å². The van der Waals surface area contributed by atoms with E-state index in [0.29, 0.717) is 24.1 Å². The molecule has 38 heavy (non-hydrogen) atoms. The maximum Gasteiger partial charge on any atom is 0.306 e. The third-order valence-corrected chi connectivity index (χ3v) is 7.44. The molecule has 0 aromatic carbocycles. The normalized spacial score (nSPS) is 21.8. The fourth-order valence-electron chi connectivity index (χ4n) is 5.16. The molecular weight excluding hydrogens is 486 g/mol. The van der Waals surface area contributed by atoms with Crippen molar-refractivity contribution in [1.29, 1.82) is 0 Å². The van der Waals surface area contributed by atoms with Gasteiger partial charge < -0.3 is 25.5 Å². The van der Waals surface area contributed by atoms with Crippen LogP contribution in [0.2, 0.25) is 0 Å². The molecule has 4 aliphatic rings. The number of fused-ring (bicyclic) bond motifs is 2. The second-order valence-corrected chi connectivity index (χ2v) is 10.5. The highest BCUT2D eigenvalue weighted by Crippen LogP contribution is 2.38. The van der Waals surface area contributed by atoms with Gasteiger partial charge in [-0.3, -0.25) is 14.4 Å². The summed E-state index contributed by atoms with van der Waals surface area (Å²) in [4.78, 5) is 52.3. The van der Waals surface area contributed by atoms with Crippen LogP contribution in [0, 0.1) is 18.8 Å². The van der Waals surface area contributed by atoms with Gasteiger partial charge in [0, 0.05) is 43.8 Å². The first-order valence-electron chi connectivity index (χ1n) is 13.5. The summed E-state index contributed by atoms with van der Waals surface area (Å²) >= 11 is 0. The molecule has 202 valence electrons. The average molecular weight is 522 g/mol. The van der Waals surface area contributed by atoms with Gasteiger partial charge in [0.15, 0.2) is 0 Å². The molecule has 0 spiro atoms. The highest BCUT2D eigenvalue weighted by molar-refractivity contribution is 5.94. The molecule has 2 aliphatic heterocycles. The van der Waals surface area contributed by atoms with Crippen LogP contribution in [0.25, 0.3) is 0 Å². The van der Waals surface area contributed by atoms with E-state index in [0.717, 1.165) is 68.7 Å². The summed E-state index contributed by atoms with van der Waals surface area (Å²) in [5.41, 5.74) is 1.93. The van der Waals surface area contributed by atoms with Gasteiger partial charge in [0.1, 0.15) is 11.5 Å². The van der Waals surface area contributed by atoms with Crippen LogP contribution < -0.4 is 15.5 Å². The number of piperazine rings is 1. The molecule has 2 atom stereocenters. The zero-order valence-corrected chi connectivity index (χ0v) is 21.9. The van der Waals surface area contributed by atoms with Crippen LogP contribution in [0.4, 0.5) is 17.5 Å². The SMILES string of the molecule is CCNC(=O)c1ncc(Nc2nccc(N3C[C@H]4CC[C@@H](C3)N4C(=O)C3CC3)n2)cc1C.O=C(O)C1CC1. The van der Waals surface area contributed by atoms with Gasteiger partial charge in [0.05, 0.1) is 17.8 Å². The van der Waals surface area contributed by atoms with E-state index < -0.39 is 5.97 Å². The number of anilines is 3. The highest BCUT2D eigenvalue weighted by atomic mass is 16.4. The second-order valence-electron chi connectivity index (χ2n) is 10.5. The van der Waals surface area contributed by atoms with Crippen LogP contribution >= 0.6 is 0 Å². The van der Waals surface area contributed by atoms with Crippen LogP contribution in [-0.4, -0.2) is 74.5 Å². The molecule has 2 saturated carbocycles. The zero-order chi connectivity index (χ0) is 26.8. The molecule has 2 saturated heterocycles. The van der Waals surface area contributed by atoms with Crippen LogP contribution in [0.15, 0.2) is 24.5 Å². The lowest BCUT2D eigenvalue weighted by atomic mass is 10.1. The Labute approximate surface area is 222 Å². The number of amides is 2. The number of aryl methyl sites for hydroxylation is 1. The number of carboxylic acids is 1. The van der Waals surface area contributed by atoms with Crippen LogP contribution in [-0.2, 0) is 9.59 Å². The quantitative estimate of drug-likeness (QED) is 0.501. The van der Waals surface area contributed by atoms with Crippen molar-refractivity contribution in [3.8, 4) is 0 Å². The van der Waals surface area contributed by atoms with Crippen molar-refractivity contribution in [2.45, 2.75) is 64.5 Å². The van der Waals surface area contributed by atoms with Gasteiger partial charge in [-0.1, -0.05) is 0 Å². The van der Waals surface area contributed by atoms with Crippen molar-refractivity contribution in [3.63, 3.8) is 0 Å². The number of rotatable bonds is 7. The summed E-state index contributed by atoms with van der Waals surface area (Å²) < 4.78 is 0. The molecule has 4 heterocycles. The number of aromatic nitrogens is 3. The van der Waals surface area contributed by atoms with Gasteiger partial charge in [0.25, 0.3) is 5.91 Å². The van der Waals surface area contributed by atoms with Gasteiger partial charge in [-0.2, -0.15) is 4.98 Å². The Morgan fingerprint density at radius 1 is 1.03 bits per heavy atom. The molecule has 2 aliphatic carbocycles. The van der Waals surface area contributed by atoms with Gasteiger partial charge >= 0.3 is 5.97 Å². The van der Waals surface area contributed by atoms with E-state index in [4.69, 9.17) is 10.1 Å². The largest absolute Gasteiger partial charge is 0.481 e. The Morgan fingerprint density at radius 3 is 2.26 bits per heavy atom. The molecule has 2 bridgehead atoms. The molecule has 0 unspecified atom stereocenters. The number of carboxylic acid groups (broad SMARTS) is 1. The predicted octanol–water partition coefficient (Wildman–Crippen LogP) is 2.74. The predicted molar refractivity (Wildman–Crippen MR) is 141 cm³/mol. The molecule has 0 radical (unpaired) electrons. The van der Waals surface area contributed by atoms with Gasteiger partial charge in [-0.25, -0.2) is 9.97 Å². The Morgan fingerprint density at radius 2 is 1.71 bits per heavy atom. The van der Waals surface area contributed by atoms with E-state index in [-0.39, 0.29) is 29.8 Å². The standard InChI is InChI=1S/C23H29N7O2.C4H6O2/c1-3-24-21(31)20-14(2)10-16(11-26-20)27-23-25-9-8-19(28-23)29-12-17-6-7-18(13-29)30(17)22(32)15-4-5-15;5-4(6)3-1-2-3/h8-11,15,17-18H,3-7,12-13H2,1-2H3,(H,24,31)(H,25,27,28);3H,1-2H2,(H,5,6)/t17-,18+;. The minimum Gasteiger partial charge on any atom is -0.481 e. The van der Waals surface area contributed by atoms with E-state index in [9.17, 15) is 14.4 Å². The number of pyridine rings is 1. The summed E-state index contributed by atoms with van der Waals surface area (Å²) in [7, 11) is 0. The Hall–Kier alpha value is -3.76. The maximum atomic E-state index is 12.7. The number of nitrogens with one attached hydrogen (secondary N) is 2. The summed E-state index contributed by atoms with van der Waals surface area (Å²) in [5.74, 6) is 1.20.